The number of rotatable bonds is 7. The maximum Gasteiger partial charge on any atom is 0.416 e. The van der Waals surface area contributed by atoms with Crippen molar-refractivity contribution in [2.75, 3.05) is 50.8 Å². The van der Waals surface area contributed by atoms with Gasteiger partial charge in [-0.2, -0.15) is 13.2 Å². The molecule has 1 atom stereocenters. The van der Waals surface area contributed by atoms with Gasteiger partial charge in [-0.25, -0.2) is 19.4 Å². The van der Waals surface area contributed by atoms with E-state index in [4.69, 9.17) is 0 Å². The zero-order chi connectivity index (χ0) is 26.5. The molecule has 0 amide bonds. The zero-order valence-corrected chi connectivity index (χ0v) is 21.2. The van der Waals surface area contributed by atoms with E-state index in [2.05, 4.69) is 24.8 Å². The first kappa shape index (κ1) is 26.5. The molecule has 6 nitrogen and oxygen atoms in total. The minimum atomic E-state index is -4.35. The van der Waals surface area contributed by atoms with Crippen molar-refractivity contribution in [2.24, 2.45) is 0 Å². The first-order valence-corrected chi connectivity index (χ1v) is 13.1. The lowest BCUT2D eigenvalue weighted by Crippen LogP contribution is -2.54. The third kappa shape index (κ3) is 6.31. The molecule has 3 aromatic rings. The van der Waals surface area contributed by atoms with Gasteiger partial charge in [-0.15, -0.1) is 0 Å². The van der Waals surface area contributed by atoms with Crippen LogP contribution in [0.1, 0.15) is 36.4 Å². The second-order valence-electron chi connectivity index (χ2n) is 9.85. The average Bonchev–Trinajstić information content (AvgIpc) is 2.93. The van der Waals surface area contributed by atoms with Gasteiger partial charge in [-0.3, -0.25) is 9.91 Å². The van der Waals surface area contributed by atoms with Gasteiger partial charge in [0.15, 0.2) is 5.82 Å². The largest absolute Gasteiger partial charge is 0.416 e. The van der Waals surface area contributed by atoms with Gasteiger partial charge in [-0.05, 0) is 61.8 Å². The highest BCUT2D eigenvalue weighted by atomic mass is 19.4. The summed E-state index contributed by atoms with van der Waals surface area (Å²) in [6, 6.07) is 13.8. The highest BCUT2D eigenvalue weighted by Crippen LogP contribution is 2.33. The second-order valence-corrected chi connectivity index (χ2v) is 9.85. The Labute approximate surface area is 220 Å². The fourth-order valence-corrected chi connectivity index (χ4v) is 5.39. The predicted molar refractivity (Wildman–Crippen MR) is 138 cm³/mol. The molecule has 0 aliphatic carbocycles. The van der Waals surface area contributed by atoms with E-state index in [1.54, 1.807) is 30.5 Å². The molecule has 38 heavy (non-hydrogen) atoms. The van der Waals surface area contributed by atoms with E-state index >= 15 is 0 Å². The smallest absolute Gasteiger partial charge is 0.301 e. The molecule has 1 aromatic heterocycles. The third-order valence-electron chi connectivity index (χ3n) is 7.35. The molecule has 0 bridgehead atoms. The maximum absolute atomic E-state index is 14.1. The van der Waals surface area contributed by atoms with Crippen molar-refractivity contribution in [3.63, 3.8) is 0 Å². The molecule has 3 heterocycles. The van der Waals surface area contributed by atoms with Crippen LogP contribution in [0.25, 0.3) is 0 Å². The van der Waals surface area contributed by atoms with Crippen LogP contribution < -0.4 is 5.01 Å². The number of alkyl halides is 3. The number of aromatic nitrogens is 2. The van der Waals surface area contributed by atoms with Crippen molar-refractivity contribution in [1.82, 2.24) is 24.8 Å². The van der Waals surface area contributed by atoms with E-state index < -0.39 is 11.7 Å². The zero-order valence-electron chi connectivity index (χ0n) is 21.2. The Morgan fingerprint density at radius 1 is 0.868 bits per heavy atom. The standard InChI is InChI=1S/C28H32F4N6/c29-24-5-4-6-25(19-24)38(27-11-12-33-21-34-27)37-17-15-36(16-18-37)26(20-35-13-2-1-3-14-35)22-7-9-23(10-8-22)28(30,31)32/h4-12,19,21,26H,1-3,13-18,20H2. The molecule has 2 aliphatic rings. The van der Waals surface area contributed by atoms with E-state index in [1.807, 2.05) is 11.1 Å². The van der Waals surface area contributed by atoms with Gasteiger partial charge in [0, 0.05) is 51.0 Å². The Morgan fingerprint density at radius 3 is 2.24 bits per heavy atom. The quantitative estimate of drug-likeness (QED) is 0.376. The SMILES string of the molecule is Fc1cccc(N(c2ccncn2)N2CCN(C(CN3CCCCC3)c3ccc(C(F)(F)F)cc3)CC2)c1. The molecule has 5 rings (SSSR count). The number of benzene rings is 2. The summed E-state index contributed by atoms with van der Waals surface area (Å²) in [6.45, 7) is 5.52. The number of hydrogen-bond donors (Lipinski definition) is 0. The van der Waals surface area contributed by atoms with E-state index in [0.717, 1.165) is 38.0 Å². The molecule has 2 aliphatic heterocycles. The number of piperazine rings is 1. The normalized spacial score (nSPS) is 18.8. The molecule has 2 aromatic carbocycles. The lowest BCUT2D eigenvalue weighted by atomic mass is 10.0. The molecule has 202 valence electrons. The number of nitrogens with zero attached hydrogens (tertiary/aromatic N) is 6. The van der Waals surface area contributed by atoms with Crippen LogP contribution in [0, 0.1) is 5.82 Å². The van der Waals surface area contributed by atoms with Gasteiger partial charge >= 0.3 is 6.18 Å². The van der Waals surface area contributed by atoms with E-state index in [9.17, 15) is 17.6 Å². The number of halogens is 4. The van der Waals surface area contributed by atoms with Crippen LogP contribution in [0.4, 0.5) is 29.1 Å². The van der Waals surface area contributed by atoms with Gasteiger partial charge < -0.3 is 4.90 Å². The Bertz CT molecular complexity index is 1160. The van der Waals surface area contributed by atoms with Crippen LogP contribution in [0.15, 0.2) is 67.1 Å². The van der Waals surface area contributed by atoms with Crippen LogP contribution in [0.3, 0.4) is 0 Å². The summed E-state index contributed by atoms with van der Waals surface area (Å²) in [4.78, 5) is 13.2. The summed E-state index contributed by atoms with van der Waals surface area (Å²) >= 11 is 0. The van der Waals surface area contributed by atoms with Crippen molar-refractivity contribution in [1.29, 1.82) is 0 Å². The van der Waals surface area contributed by atoms with E-state index in [1.165, 1.54) is 37.0 Å². The molecule has 0 radical (unpaired) electrons. The lowest BCUT2D eigenvalue weighted by molar-refractivity contribution is -0.137. The molecule has 1 unspecified atom stereocenters. The van der Waals surface area contributed by atoms with Crippen LogP contribution in [-0.2, 0) is 6.18 Å². The summed E-state index contributed by atoms with van der Waals surface area (Å²) in [6.07, 6.45) is 2.29. The Balaban J connectivity index is 1.36. The van der Waals surface area contributed by atoms with Crippen LogP contribution in [0.2, 0.25) is 0 Å². The molecule has 0 spiro atoms. The molecule has 0 N–H and O–H groups in total. The Morgan fingerprint density at radius 2 is 1.61 bits per heavy atom. The van der Waals surface area contributed by atoms with Gasteiger partial charge in [0.25, 0.3) is 0 Å². The fraction of sp³-hybridized carbons (Fsp3) is 0.429. The highest BCUT2D eigenvalue weighted by Gasteiger charge is 2.33. The lowest BCUT2D eigenvalue weighted by Gasteiger charge is -2.45. The van der Waals surface area contributed by atoms with Crippen LogP contribution >= 0.6 is 0 Å². The van der Waals surface area contributed by atoms with Crippen molar-refractivity contribution in [3.8, 4) is 0 Å². The summed E-state index contributed by atoms with van der Waals surface area (Å²) in [7, 11) is 0. The van der Waals surface area contributed by atoms with Crippen LogP contribution in [-0.4, -0.2) is 70.6 Å². The minimum absolute atomic E-state index is 0.0146. The number of anilines is 2. The monoisotopic (exact) mass is 528 g/mol. The van der Waals surface area contributed by atoms with Crippen molar-refractivity contribution >= 4 is 11.5 Å². The summed E-state index contributed by atoms with van der Waals surface area (Å²) in [5.74, 6) is 0.316. The first-order chi connectivity index (χ1) is 18.4. The van der Waals surface area contributed by atoms with Gasteiger partial charge in [0.2, 0.25) is 0 Å². The number of hydrazine groups is 1. The van der Waals surface area contributed by atoms with Crippen molar-refractivity contribution < 1.29 is 17.6 Å². The van der Waals surface area contributed by atoms with Gasteiger partial charge in [0.1, 0.15) is 12.1 Å². The Kier molecular flexibility index (Phi) is 8.21. The Hall–Kier alpha value is -3.08. The van der Waals surface area contributed by atoms with E-state index in [-0.39, 0.29) is 11.9 Å². The number of likely N-dealkylation sites (tertiary alicyclic amines) is 1. The van der Waals surface area contributed by atoms with Gasteiger partial charge in [-0.1, -0.05) is 24.6 Å². The number of piperidine rings is 1. The first-order valence-electron chi connectivity index (χ1n) is 13.1. The van der Waals surface area contributed by atoms with Crippen molar-refractivity contribution in [3.05, 3.63) is 84.1 Å². The molecule has 2 saturated heterocycles. The van der Waals surface area contributed by atoms with Crippen LogP contribution in [0.5, 0.6) is 0 Å². The molecule has 0 saturated carbocycles. The predicted octanol–water partition coefficient (Wildman–Crippen LogP) is 5.53. The maximum atomic E-state index is 14.1. The van der Waals surface area contributed by atoms with E-state index in [0.29, 0.717) is 37.7 Å². The average molecular weight is 529 g/mol. The molecule has 10 heteroatoms. The molecule has 2 fully saturated rings. The van der Waals surface area contributed by atoms with Crippen molar-refractivity contribution in [2.45, 2.75) is 31.5 Å². The highest BCUT2D eigenvalue weighted by molar-refractivity contribution is 5.58. The third-order valence-corrected chi connectivity index (χ3v) is 7.35. The fourth-order valence-electron chi connectivity index (χ4n) is 5.39. The summed E-state index contributed by atoms with van der Waals surface area (Å²) in [5.41, 5.74) is 0.943. The second kappa shape index (κ2) is 11.8. The molecular weight excluding hydrogens is 496 g/mol. The topological polar surface area (TPSA) is 38.7 Å². The summed E-state index contributed by atoms with van der Waals surface area (Å²) in [5, 5.41) is 4.05. The van der Waals surface area contributed by atoms with Gasteiger partial charge in [0.05, 0.1) is 11.3 Å². The minimum Gasteiger partial charge on any atom is -0.301 e. The number of hydrogen-bond acceptors (Lipinski definition) is 6. The molecular formula is C28H32F4N6. The summed E-state index contributed by atoms with van der Waals surface area (Å²) < 4.78 is 53.8.